The fourth-order valence-corrected chi connectivity index (χ4v) is 3.85. The second kappa shape index (κ2) is 6.80. The van der Waals surface area contributed by atoms with Crippen LogP contribution in [0, 0.1) is 19.7 Å². The first kappa shape index (κ1) is 17.6. The van der Waals surface area contributed by atoms with Gasteiger partial charge in [-0.3, -0.25) is 4.68 Å². The number of halogens is 1. The number of sulfonamides is 1. The number of aromatic nitrogens is 2. The molecule has 0 radical (unpaired) electrons. The van der Waals surface area contributed by atoms with E-state index in [1.807, 2.05) is 25.5 Å². The maximum Gasteiger partial charge on any atom is 0.245 e. The van der Waals surface area contributed by atoms with E-state index in [2.05, 4.69) is 5.10 Å². The highest BCUT2D eigenvalue weighted by atomic mass is 32.2. The van der Waals surface area contributed by atoms with E-state index < -0.39 is 15.8 Å². The maximum absolute atomic E-state index is 13.8. The van der Waals surface area contributed by atoms with Crippen LogP contribution in [0.5, 0.6) is 0 Å². The molecule has 0 aliphatic carbocycles. The van der Waals surface area contributed by atoms with Crippen LogP contribution in [0.4, 0.5) is 4.39 Å². The zero-order valence-electron chi connectivity index (χ0n) is 13.9. The average Bonchev–Trinajstić information content (AvgIpc) is 2.79. The third kappa shape index (κ3) is 3.45. The van der Waals surface area contributed by atoms with Crippen molar-refractivity contribution >= 4 is 10.0 Å². The summed E-state index contributed by atoms with van der Waals surface area (Å²) in [5, 5.41) is 4.43. The van der Waals surface area contributed by atoms with Crippen LogP contribution in [-0.2, 0) is 23.0 Å². The van der Waals surface area contributed by atoms with Crippen LogP contribution in [0.3, 0.4) is 0 Å². The molecular formula is C16H22FN3O2S. The van der Waals surface area contributed by atoms with Gasteiger partial charge in [0.25, 0.3) is 0 Å². The van der Waals surface area contributed by atoms with Crippen molar-refractivity contribution in [2.45, 2.75) is 38.6 Å². The first-order chi connectivity index (χ1) is 10.8. The zero-order chi connectivity index (χ0) is 17.2. The number of aryl methyl sites for hydroxylation is 2. The molecule has 2 aromatic rings. The molecule has 2 rings (SSSR count). The molecule has 0 aliphatic rings. The molecule has 1 aromatic heterocycles. The molecule has 7 heteroatoms. The van der Waals surface area contributed by atoms with Crippen LogP contribution >= 0.6 is 0 Å². The largest absolute Gasteiger partial charge is 0.270 e. The van der Waals surface area contributed by atoms with Gasteiger partial charge in [-0.15, -0.1) is 0 Å². The number of nitrogens with zero attached hydrogens (tertiary/aromatic N) is 3. The van der Waals surface area contributed by atoms with E-state index in [1.54, 1.807) is 0 Å². The number of rotatable bonds is 6. The standard InChI is InChI=1S/C16H22FN3O2S/c1-5-20-13(3)14(12(2)18-20)10-11-19(4)23(21,22)16-9-7-6-8-15(16)17/h6-9H,5,10-11H2,1-4H3. The summed E-state index contributed by atoms with van der Waals surface area (Å²) in [6.45, 7) is 6.95. The second-order valence-corrected chi connectivity index (χ2v) is 7.49. The van der Waals surface area contributed by atoms with Gasteiger partial charge in [0, 0.05) is 25.8 Å². The fraction of sp³-hybridized carbons (Fsp3) is 0.438. The first-order valence-corrected chi connectivity index (χ1v) is 8.96. The molecule has 0 amide bonds. The normalized spacial score (nSPS) is 12.1. The maximum atomic E-state index is 13.8. The number of hydrogen-bond acceptors (Lipinski definition) is 3. The third-order valence-corrected chi connectivity index (χ3v) is 5.92. The molecule has 0 saturated carbocycles. The molecule has 0 atom stereocenters. The van der Waals surface area contributed by atoms with Crippen molar-refractivity contribution in [2.24, 2.45) is 0 Å². The predicted octanol–water partition coefficient (Wildman–Crippen LogP) is 2.52. The number of benzene rings is 1. The Morgan fingerprint density at radius 3 is 2.48 bits per heavy atom. The van der Waals surface area contributed by atoms with Crippen LogP contribution in [0.15, 0.2) is 29.2 Å². The van der Waals surface area contributed by atoms with Gasteiger partial charge < -0.3 is 0 Å². The Bertz CT molecular complexity index is 800. The van der Waals surface area contributed by atoms with Crippen molar-refractivity contribution in [3.8, 4) is 0 Å². The molecule has 126 valence electrons. The van der Waals surface area contributed by atoms with Crippen LogP contribution in [0.1, 0.15) is 23.9 Å². The van der Waals surface area contributed by atoms with Crippen LogP contribution in [0.25, 0.3) is 0 Å². The third-order valence-electron chi connectivity index (χ3n) is 4.03. The molecule has 0 spiro atoms. The van der Waals surface area contributed by atoms with E-state index in [-0.39, 0.29) is 11.4 Å². The first-order valence-electron chi connectivity index (χ1n) is 7.52. The highest BCUT2D eigenvalue weighted by Crippen LogP contribution is 2.19. The lowest BCUT2D eigenvalue weighted by Crippen LogP contribution is -2.29. The van der Waals surface area contributed by atoms with Gasteiger partial charge in [0.05, 0.1) is 5.69 Å². The van der Waals surface area contributed by atoms with Crippen LogP contribution < -0.4 is 0 Å². The van der Waals surface area contributed by atoms with E-state index in [0.717, 1.165) is 29.6 Å². The Morgan fingerprint density at radius 2 is 1.91 bits per heavy atom. The van der Waals surface area contributed by atoms with E-state index in [1.165, 1.54) is 29.6 Å². The summed E-state index contributed by atoms with van der Waals surface area (Å²) in [7, 11) is -2.36. The van der Waals surface area contributed by atoms with E-state index in [4.69, 9.17) is 0 Å². The second-order valence-electron chi connectivity index (χ2n) is 5.47. The molecule has 0 fully saturated rings. The lowest BCUT2D eigenvalue weighted by molar-refractivity contribution is 0.465. The van der Waals surface area contributed by atoms with E-state index in [0.29, 0.717) is 6.42 Å². The summed E-state index contributed by atoms with van der Waals surface area (Å²) in [5.74, 6) is -0.731. The predicted molar refractivity (Wildman–Crippen MR) is 87.3 cm³/mol. The van der Waals surface area contributed by atoms with Crippen molar-refractivity contribution in [1.82, 2.24) is 14.1 Å². The number of likely N-dealkylation sites (N-methyl/N-ethyl adjacent to an activating group) is 1. The zero-order valence-corrected chi connectivity index (χ0v) is 14.7. The van der Waals surface area contributed by atoms with Crippen molar-refractivity contribution in [3.05, 3.63) is 47.0 Å². The molecule has 23 heavy (non-hydrogen) atoms. The minimum absolute atomic E-state index is 0.272. The molecule has 0 N–H and O–H groups in total. The monoisotopic (exact) mass is 339 g/mol. The lowest BCUT2D eigenvalue weighted by Gasteiger charge is -2.17. The Kier molecular flexibility index (Phi) is 5.21. The smallest absolute Gasteiger partial charge is 0.245 e. The highest BCUT2D eigenvalue weighted by Gasteiger charge is 2.24. The number of hydrogen-bond donors (Lipinski definition) is 0. The molecule has 0 aliphatic heterocycles. The van der Waals surface area contributed by atoms with Crippen molar-refractivity contribution in [3.63, 3.8) is 0 Å². The van der Waals surface area contributed by atoms with Crippen molar-refractivity contribution in [1.29, 1.82) is 0 Å². The quantitative estimate of drug-likeness (QED) is 0.813. The van der Waals surface area contributed by atoms with Gasteiger partial charge >= 0.3 is 0 Å². The minimum Gasteiger partial charge on any atom is -0.270 e. The lowest BCUT2D eigenvalue weighted by atomic mass is 10.1. The topological polar surface area (TPSA) is 55.2 Å². The van der Waals surface area contributed by atoms with Gasteiger partial charge in [-0.2, -0.15) is 5.10 Å². The molecule has 0 unspecified atom stereocenters. The van der Waals surface area contributed by atoms with Crippen molar-refractivity contribution < 1.29 is 12.8 Å². The van der Waals surface area contributed by atoms with Crippen LogP contribution in [0.2, 0.25) is 0 Å². The van der Waals surface area contributed by atoms with Gasteiger partial charge in [-0.05, 0) is 44.9 Å². The minimum atomic E-state index is -3.83. The Morgan fingerprint density at radius 1 is 1.26 bits per heavy atom. The van der Waals surface area contributed by atoms with E-state index >= 15 is 0 Å². The molecule has 1 heterocycles. The van der Waals surface area contributed by atoms with Crippen molar-refractivity contribution in [2.75, 3.05) is 13.6 Å². The highest BCUT2D eigenvalue weighted by molar-refractivity contribution is 7.89. The Hall–Kier alpha value is -1.73. The fourth-order valence-electron chi connectivity index (χ4n) is 2.61. The molecular weight excluding hydrogens is 317 g/mol. The van der Waals surface area contributed by atoms with Gasteiger partial charge in [-0.1, -0.05) is 12.1 Å². The van der Waals surface area contributed by atoms with Crippen LogP contribution in [-0.4, -0.2) is 36.1 Å². The summed E-state index contributed by atoms with van der Waals surface area (Å²) in [5.41, 5.74) is 2.99. The Labute approximate surface area is 136 Å². The van der Waals surface area contributed by atoms with Gasteiger partial charge in [0.15, 0.2) is 0 Å². The summed E-state index contributed by atoms with van der Waals surface area (Å²) < 4.78 is 41.8. The SMILES string of the molecule is CCn1nc(C)c(CCN(C)S(=O)(=O)c2ccccc2F)c1C. The molecule has 5 nitrogen and oxygen atoms in total. The molecule has 0 bridgehead atoms. The summed E-state index contributed by atoms with van der Waals surface area (Å²) in [6.07, 6.45) is 0.544. The Balaban J connectivity index is 2.18. The van der Waals surface area contributed by atoms with E-state index in [9.17, 15) is 12.8 Å². The van der Waals surface area contributed by atoms with Gasteiger partial charge in [-0.25, -0.2) is 17.1 Å². The summed E-state index contributed by atoms with van der Waals surface area (Å²) in [6, 6.07) is 5.43. The average molecular weight is 339 g/mol. The summed E-state index contributed by atoms with van der Waals surface area (Å²) >= 11 is 0. The van der Waals surface area contributed by atoms with Gasteiger partial charge in [0.1, 0.15) is 10.7 Å². The van der Waals surface area contributed by atoms with Gasteiger partial charge in [0.2, 0.25) is 10.0 Å². The summed E-state index contributed by atoms with van der Waals surface area (Å²) in [4.78, 5) is -0.291. The molecule has 1 aromatic carbocycles. The molecule has 0 saturated heterocycles.